The Morgan fingerprint density at radius 2 is 1.57 bits per heavy atom. The standard InChI is InChI=1S/C30H45N5O5/c1-8-33(9-2)22-12-10-21(11-13-22)28(38)32-23(16-18(3)4)29(39)34-15-14-24-27(34)25(37)17-35(24)30(40)26(19(5)6)31-20(7)36/h10-13,18-19,23-24,26-27H,8-9,14-17H2,1-7H3,(H,31,36)(H,32,38). The maximum absolute atomic E-state index is 13.8. The molecule has 2 saturated heterocycles. The van der Waals surface area contributed by atoms with E-state index in [1.54, 1.807) is 17.0 Å². The molecule has 40 heavy (non-hydrogen) atoms. The van der Waals surface area contributed by atoms with Crippen molar-refractivity contribution in [1.29, 1.82) is 0 Å². The van der Waals surface area contributed by atoms with Gasteiger partial charge >= 0.3 is 0 Å². The Bertz CT molecular complexity index is 1100. The minimum atomic E-state index is -0.797. The van der Waals surface area contributed by atoms with E-state index >= 15 is 0 Å². The second kappa shape index (κ2) is 13.3. The summed E-state index contributed by atoms with van der Waals surface area (Å²) in [5.74, 6) is -1.50. The Morgan fingerprint density at radius 3 is 2.10 bits per heavy atom. The van der Waals surface area contributed by atoms with Crippen LogP contribution in [0.5, 0.6) is 0 Å². The summed E-state index contributed by atoms with van der Waals surface area (Å²) >= 11 is 0. The van der Waals surface area contributed by atoms with Gasteiger partial charge in [0.05, 0.1) is 12.6 Å². The van der Waals surface area contributed by atoms with Crippen molar-refractivity contribution in [3.63, 3.8) is 0 Å². The molecular formula is C30H45N5O5. The van der Waals surface area contributed by atoms with Gasteiger partial charge in [-0.2, -0.15) is 0 Å². The minimum Gasteiger partial charge on any atom is -0.372 e. The largest absolute Gasteiger partial charge is 0.372 e. The average Bonchev–Trinajstić information content (AvgIpc) is 3.48. The van der Waals surface area contributed by atoms with Crippen LogP contribution in [0.3, 0.4) is 0 Å². The Labute approximate surface area is 237 Å². The van der Waals surface area contributed by atoms with Crippen molar-refractivity contribution in [1.82, 2.24) is 20.4 Å². The van der Waals surface area contributed by atoms with Crippen LogP contribution in [-0.2, 0) is 19.2 Å². The van der Waals surface area contributed by atoms with Crippen LogP contribution in [0.2, 0.25) is 0 Å². The lowest BCUT2D eigenvalue weighted by molar-refractivity contribution is -0.138. The number of anilines is 1. The molecule has 0 aromatic heterocycles. The average molecular weight is 556 g/mol. The van der Waals surface area contributed by atoms with Crippen molar-refractivity contribution in [2.45, 2.75) is 85.5 Å². The maximum atomic E-state index is 13.8. The molecule has 4 unspecified atom stereocenters. The first-order valence-corrected chi connectivity index (χ1v) is 14.5. The van der Waals surface area contributed by atoms with E-state index in [-0.39, 0.29) is 47.8 Å². The molecular weight excluding hydrogens is 510 g/mol. The number of carbonyl (C=O) groups is 5. The number of carbonyl (C=O) groups excluding carboxylic acids is 5. The molecule has 10 nitrogen and oxygen atoms in total. The van der Waals surface area contributed by atoms with Crippen LogP contribution >= 0.6 is 0 Å². The molecule has 0 radical (unpaired) electrons. The zero-order valence-electron chi connectivity index (χ0n) is 24.9. The van der Waals surface area contributed by atoms with E-state index in [0.717, 1.165) is 18.8 Å². The van der Waals surface area contributed by atoms with Crippen molar-refractivity contribution < 1.29 is 24.0 Å². The quantitative estimate of drug-likeness (QED) is 0.432. The number of fused-ring (bicyclic) bond motifs is 1. The van der Waals surface area contributed by atoms with E-state index < -0.39 is 24.2 Å². The molecule has 2 fully saturated rings. The fraction of sp³-hybridized carbons (Fsp3) is 0.633. The van der Waals surface area contributed by atoms with Gasteiger partial charge in [-0.25, -0.2) is 0 Å². The van der Waals surface area contributed by atoms with Crippen molar-refractivity contribution in [3.05, 3.63) is 29.8 Å². The first-order chi connectivity index (χ1) is 18.9. The van der Waals surface area contributed by atoms with Crippen LogP contribution in [0.1, 0.15) is 71.7 Å². The van der Waals surface area contributed by atoms with Crippen LogP contribution in [0, 0.1) is 11.8 Å². The second-order valence-corrected chi connectivity index (χ2v) is 11.6. The van der Waals surface area contributed by atoms with E-state index in [9.17, 15) is 24.0 Å². The number of benzene rings is 1. The van der Waals surface area contributed by atoms with Crippen molar-refractivity contribution in [3.8, 4) is 0 Å². The molecule has 0 saturated carbocycles. The summed E-state index contributed by atoms with van der Waals surface area (Å²) < 4.78 is 0. The van der Waals surface area contributed by atoms with E-state index in [1.807, 2.05) is 39.8 Å². The predicted molar refractivity (Wildman–Crippen MR) is 154 cm³/mol. The molecule has 0 aliphatic carbocycles. The molecule has 2 aliphatic heterocycles. The highest BCUT2D eigenvalue weighted by molar-refractivity contribution is 6.01. The van der Waals surface area contributed by atoms with Crippen molar-refractivity contribution >= 4 is 35.1 Å². The summed E-state index contributed by atoms with van der Waals surface area (Å²) in [5.41, 5.74) is 1.49. The Kier molecular flexibility index (Phi) is 10.3. The SMILES string of the molecule is CCN(CC)c1ccc(C(=O)NC(CC(C)C)C(=O)N2CCC3C2C(=O)CN3C(=O)C(NC(C)=O)C(C)C)cc1. The first-order valence-electron chi connectivity index (χ1n) is 14.5. The molecule has 1 aromatic carbocycles. The highest BCUT2D eigenvalue weighted by Crippen LogP contribution is 2.32. The molecule has 3 rings (SSSR count). The third-order valence-electron chi connectivity index (χ3n) is 7.85. The predicted octanol–water partition coefficient (Wildman–Crippen LogP) is 2.22. The number of rotatable bonds is 11. The summed E-state index contributed by atoms with van der Waals surface area (Å²) in [6.07, 6.45) is 0.888. The highest BCUT2D eigenvalue weighted by atomic mass is 16.2. The van der Waals surface area contributed by atoms with E-state index in [4.69, 9.17) is 0 Å². The molecule has 0 spiro atoms. The van der Waals surface area contributed by atoms with Crippen LogP contribution in [-0.4, -0.2) is 89.6 Å². The molecule has 2 aliphatic rings. The first kappa shape index (κ1) is 31.1. The van der Waals surface area contributed by atoms with Crippen molar-refractivity contribution in [2.75, 3.05) is 31.1 Å². The summed E-state index contributed by atoms with van der Waals surface area (Å²) in [5, 5.41) is 5.62. The van der Waals surface area contributed by atoms with Crippen LogP contribution < -0.4 is 15.5 Å². The van der Waals surface area contributed by atoms with Gasteiger partial charge in [-0.05, 0) is 62.8 Å². The summed E-state index contributed by atoms with van der Waals surface area (Å²) in [6, 6.07) is 4.60. The molecule has 1 aromatic rings. The van der Waals surface area contributed by atoms with E-state index in [0.29, 0.717) is 24.9 Å². The number of nitrogens with zero attached hydrogens (tertiary/aromatic N) is 3. The molecule has 220 valence electrons. The maximum Gasteiger partial charge on any atom is 0.251 e. The third kappa shape index (κ3) is 6.82. The van der Waals surface area contributed by atoms with E-state index in [1.165, 1.54) is 11.8 Å². The van der Waals surface area contributed by atoms with Crippen LogP contribution in [0.15, 0.2) is 24.3 Å². The summed E-state index contributed by atoms with van der Waals surface area (Å²) in [7, 11) is 0. The van der Waals surface area contributed by atoms with Gasteiger partial charge in [0, 0.05) is 37.8 Å². The van der Waals surface area contributed by atoms with Gasteiger partial charge in [-0.15, -0.1) is 0 Å². The molecule has 4 amide bonds. The van der Waals surface area contributed by atoms with E-state index in [2.05, 4.69) is 29.4 Å². The van der Waals surface area contributed by atoms with Gasteiger partial charge in [0.25, 0.3) is 5.91 Å². The summed E-state index contributed by atoms with van der Waals surface area (Å²) in [4.78, 5) is 70.5. The van der Waals surface area contributed by atoms with Gasteiger partial charge in [0.1, 0.15) is 18.1 Å². The van der Waals surface area contributed by atoms with Crippen molar-refractivity contribution in [2.24, 2.45) is 11.8 Å². The van der Waals surface area contributed by atoms with Gasteiger partial charge in [0.2, 0.25) is 17.7 Å². The van der Waals surface area contributed by atoms with Crippen LogP contribution in [0.25, 0.3) is 0 Å². The summed E-state index contributed by atoms with van der Waals surface area (Å²) in [6.45, 7) is 15.1. The molecule has 0 bridgehead atoms. The van der Waals surface area contributed by atoms with Crippen LogP contribution in [0.4, 0.5) is 5.69 Å². The lowest BCUT2D eigenvalue weighted by Gasteiger charge is -2.30. The smallest absolute Gasteiger partial charge is 0.251 e. The second-order valence-electron chi connectivity index (χ2n) is 11.6. The fourth-order valence-electron chi connectivity index (χ4n) is 5.82. The van der Waals surface area contributed by atoms with Gasteiger partial charge < -0.3 is 25.3 Å². The number of Topliss-reactive ketones (excluding diaryl/α,β-unsaturated/α-hetero) is 1. The lowest BCUT2D eigenvalue weighted by Crippen LogP contribution is -2.54. The molecule has 2 N–H and O–H groups in total. The zero-order chi connectivity index (χ0) is 29.7. The Morgan fingerprint density at radius 1 is 0.950 bits per heavy atom. The molecule has 4 atom stereocenters. The number of nitrogens with one attached hydrogen (secondary N) is 2. The number of hydrogen-bond acceptors (Lipinski definition) is 6. The number of likely N-dealkylation sites (tertiary alicyclic amines) is 2. The molecule has 2 heterocycles. The normalized spacial score (nSPS) is 20.0. The minimum absolute atomic E-state index is 0.0964. The number of ketones is 1. The topological polar surface area (TPSA) is 119 Å². The van der Waals surface area contributed by atoms with Gasteiger partial charge in [-0.3, -0.25) is 24.0 Å². The number of amides is 4. The zero-order valence-corrected chi connectivity index (χ0v) is 24.9. The Hall–Kier alpha value is -3.43. The van der Waals surface area contributed by atoms with Gasteiger partial charge in [0.15, 0.2) is 5.78 Å². The number of hydrogen-bond donors (Lipinski definition) is 2. The Balaban J connectivity index is 1.76. The highest BCUT2D eigenvalue weighted by Gasteiger charge is 2.53. The third-order valence-corrected chi connectivity index (χ3v) is 7.85. The fourth-order valence-corrected chi connectivity index (χ4v) is 5.82. The lowest BCUT2D eigenvalue weighted by atomic mass is 10.0. The monoisotopic (exact) mass is 555 g/mol. The molecule has 10 heteroatoms. The van der Waals surface area contributed by atoms with Gasteiger partial charge in [-0.1, -0.05) is 27.7 Å².